The Morgan fingerprint density at radius 3 is 2.60 bits per heavy atom. The highest BCUT2D eigenvalue weighted by atomic mass is 35.5. The SMILES string of the molecule is O=S(=O)(C=Cc1ccc(Cl)cc1)NCc1cccnc1. The fraction of sp³-hybridized carbons (Fsp3) is 0.0714. The van der Waals surface area contributed by atoms with Gasteiger partial charge in [0, 0.05) is 29.4 Å². The highest BCUT2D eigenvalue weighted by molar-refractivity contribution is 7.92. The maximum Gasteiger partial charge on any atom is 0.234 e. The third kappa shape index (κ3) is 4.77. The quantitative estimate of drug-likeness (QED) is 0.924. The van der Waals surface area contributed by atoms with Crippen LogP contribution in [0.15, 0.2) is 54.2 Å². The van der Waals surface area contributed by atoms with Crippen LogP contribution in [0.1, 0.15) is 11.1 Å². The summed E-state index contributed by atoms with van der Waals surface area (Å²) >= 11 is 5.76. The molecule has 0 aliphatic carbocycles. The number of halogens is 1. The molecule has 0 atom stereocenters. The number of aromatic nitrogens is 1. The average molecular weight is 309 g/mol. The first-order valence-corrected chi connectivity index (χ1v) is 7.80. The van der Waals surface area contributed by atoms with E-state index in [1.807, 2.05) is 0 Å². The van der Waals surface area contributed by atoms with Gasteiger partial charge in [0.25, 0.3) is 0 Å². The highest BCUT2D eigenvalue weighted by Gasteiger charge is 2.04. The standard InChI is InChI=1S/C14H13ClN2O2S/c15-14-5-3-12(4-6-14)7-9-20(18,19)17-11-13-2-1-8-16-10-13/h1-10,17H,11H2. The fourth-order valence-electron chi connectivity index (χ4n) is 1.48. The van der Waals surface area contributed by atoms with Crippen LogP contribution in [0.25, 0.3) is 6.08 Å². The van der Waals surface area contributed by atoms with Gasteiger partial charge in [-0.05, 0) is 35.4 Å². The van der Waals surface area contributed by atoms with Crippen molar-refractivity contribution in [1.82, 2.24) is 9.71 Å². The van der Waals surface area contributed by atoms with E-state index in [9.17, 15) is 8.42 Å². The molecule has 0 aliphatic rings. The van der Waals surface area contributed by atoms with Crippen LogP contribution in [0, 0.1) is 0 Å². The zero-order chi connectivity index (χ0) is 14.4. The number of pyridine rings is 1. The molecular weight excluding hydrogens is 296 g/mol. The summed E-state index contributed by atoms with van der Waals surface area (Å²) in [5, 5.41) is 1.74. The second-order valence-electron chi connectivity index (χ2n) is 4.08. The smallest absolute Gasteiger partial charge is 0.234 e. The normalized spacial score (nSPS) is 11.8. The van der Waals surface area contributed by atoms with Gasteiger partial charge < -0.3 is 0 Å². The first kappa shape index (κ1) is 14.7. The fourth-order valence-corrected chi connectivity index (χ4v) is 2.40. The van der Waals surface area contributed by atoms with Crippen LogP contribution in [-0.2, 0) is 16.6 Å². The Kier molecular flexibility index (Phi) is 4.89. The molecule has 0 amide bonds. The first-order valence-electron chi connectivity index (χ1n) is 5.87. The predicted molar refractivity (Wildman–Crippen MR) is 80.5 cm³/mol. The lowest BCUT2D eigenvalue weighted by atomic mass is 10.2. The van der Waals surface area contributed by atoms with E-state index in [2.05, 4.69) is 9.71 Å². The molecule has 1 aromatic heterocycles. The minimum absolute atomic E-state index is 0.209. The zero-order valence-corrected chi connectivity index (χ0v) is 12.1. The molecule has 0 unspecified atom stereocenters. The number of benzene rings is 1. The Morgan fingerprint density at radius 2 is 1.95 bits per heavy atom. The summed E-state index contributed by atoms with van der Waals surface area (Å²) in [5.74, 6) is 0. The molecule has 2 rings (SSSR count). The lowest BCUT2D eigenvalue weighted by Crippen LogP contribution is -2.20. The molecular formula is C14H13ClN2O2S. The zero-order valence-electron chi connectivity index (χ0n) is 10.5. The van der Waals surface area contributed by atoms with Crippen molar-refractivity contribution in [1.29, 1.82) is 0 Å². The van der Waals surface area contributed by atoms with E-state index in [1.165, 1.54) is 6.08 Å². The van der Waals surface area contributed by atoms with Crippen molar-refractivity contribution in [2.45, 2.75) is 6.54 Å². The molecule has 1 aromatic carbocycles. The van der Waals surface area contributed by atoms with Crippen molar-refractivity contribution in [2.75, 3.05) is 0 Å². The maximum absolute atomic E-state index is 11.8. The van der Waals surface area contributed by atoms with Crippen LogP contribution in [0.3, 0.4) is 0 Å². The van der Waals surface area contributed by atoms with Crippen LogP contribution in [-0.4, -0.2) is 13.4 Å². The van der Waals surface area contributed by atoms with Gasteiger partial charge in [0.2, 0.25) is 10.0 Å². The minimum Gasteiger partial charge on any atom is -0.264 e. The van der Waals surface area contributed by atoms with E-state index >= 15 is 0 Å². The lowest BCUT2D eigenvalue weighted by Gasteiger charge is -2.02. The van der Waals surface area contributed by atoms with Crippen molar-refractivity contribution in [2.24, 2.45) is 0 Å². The van der Waals surface area contributed by atoms with E-state index in [0.29, 0.717) is 5.02 Å². The molecule has 1 heterocycles. The summed E-state index contributed by atoms with van der Waals surface area (Å²) in [5.41, 5.74) is 1.57. The number of hydrogen-bond donors (Lipinski definition) is 1. The molecule has 0 saturated carbocycles. The summed E-state index contributed by atoms with van der Waals surface area (Å²) in [4.78, 5) is 3.92. The van der Waals surface area contributed by atoms with Crippen LogP contribution in [0.5, 0.6) is 0 Å². The van der Waals surface area contributed by atoms with Gasteiger partial charge in [0.05, 0.1) is 0 Å². The van der Waals surface area contributed by atoms with Crippen LogP contribution < -0.4 is 4.72 Å². The van der Waals surface area contributed by atoms with Gasteiger partial charge >= 0.3 is 0 Å². The molecule has 2 aromatic rings. The molecule has 0 aliphatic heterocycles. The van der Waals surface area contributed by atoms with Gasteiger partial charge in [-0.15, -0.1) is 0 Å². The van der Waals surface area contributed by atoms with Crippen molar-refractivity contribution in [3.8, 4) is 0 Å². The van der Waals surface area contributed by atoms with E-state index in [4.69, 9.17) is 11.6 Å². The Hall–Kier alpha value is -1.69. The third-order valence-electron chi connectivity index (χ3n) is 2.51. The third-order valence-corrected chi connectivity index (χ3v) is 3.80. The van der Waals surface area contributed by atoms with Gasteiger partial charge in [-0.3, -0.25) is 4.98 Å². The number of nitrogens with one attached hydrogen (secondary N) is 1. The van der Waals surface area contributed by atoms with Gasteiger partial charge in [0.1, 0.15) is 0 Å². The van der Waals surface area contributed by atoms with Gasteiger partial charge in [-0.1, -0.05) is 29.8 Å². The number of nitrogens with zero attached hydrogens (tertiary/aromatic N) is 1. The Bertz CT molecular complexity index is 683. The van der Waals surface area contributed by atoms with Crippen LogP contribution >= 0.6 is 11.6 Å². The van der Waals surface area contributed by atoms with Gasteiger partial charge in [-0.25, -0.2) is 13.1 Å². The molecule has 0 radical (unpaired) electrons. The summed E-state index contributed by atoms with van der Waals surface area (Å²) in [6, 6.07) is 10.5. The van der Waals surface area contributed by atoms with Crippen molar-refractivity contribution >= 4 is 27.7 Å². The molecule has 1 N–H and O–H groups in total. The van der Waals surface area contributed by atoms with Gasteiger partial charge in [0.15, 0.2) is 0 Å². The summed E-state index contributed by atoms with van der Waals surface area (Å²) in [7, 11) is -3.48. The Morgan fingerprint density at radius 1 is 1.20 bits per heavy atom. The van der Waals surface area contributed by atoms with Crippen molar-refractivity contribution in [3.05, 3.63) is 70.3 Å². The molecule has 104 valence electrons. The summed E-state index contributed by atoms with van der Waals surface area (Å²) < 4.78 is 26.1. The molecule has 6 heteroatoms. The Labute approximate surface area is 123 Å². The van der Waals surface area contributed by atoms with E-state index in [-0.39, 0.29) is 6.54 Å². The second-order valence-corrected chi connectivity index (χ2v) is 6.17. The molecule has 0 spiro atoms. The molecule has 4 nitrogen and oxygen atoms in total. The van der Waals surface area contributed by atoms with Crippen molar-refractivity contribution in [3.63, 3.8) is 0 Å². The second kappa shape index (κ2) is 6.65. The van der Waals surface area contributed by atoms with E-state index in [0.717, 1.165) is 16.5 Å². The first-order chi connectivity index (χ1) is 9.55. The topological polar surface area (TPSA) is 59.1 Å². The minimum atomic E-state index is -3.48. The summed E-state index contributed by atoms with van der Waals surface area (Å²) in [6.45, 7) is 0.209. The largest absolute Gasteiger partial charge is 0.264 e. The van der Waals surface area contributed by atoms with E-state index in [1.54, 1.807) is 48.8 Å². The summed E-state index contributed by atoms with van der Waals surface area (Å²) in [6.07, 6.45) is 4.77. The number of sulfonamides is 1. The molecule has 0 saturated heterocycles. The lowest BCUT2D eigenvalue weighted by molar-refractivity contribution is 0.590. The van der Waals surface area contributed by atoms with Crippen LogP contribution in [0.2, 0.25) is 5.02 Å². The monoisotopic (exact) mass is 308 g/mol. The maximum atomic E-state index is 11.8. The molecule has 0 bridgehead atoms. The Balaban J connectivity index is 1.98. The molecule has 20 heavy (non-hydrogen) atoms. The average Bonchev–Trinajstić information content (AvgIpc) is 2.46. The van der Waals surface area contributed by atoms with Crippen molar-refractivity contribution < 1.29 is 8.42 Å². The number of hydrogen-bond acceptors (Lipinski definition) is 3. The van der Waals surface area contributed by atoms with Crippen LogP contribution in [0.4, 0.5) is 0 Å². The highest BCUT2D eigenvalue weighted by Crippen LogP contribution is 2.11. The molecule has 0 fully saturated rings. The van der Waals surface area contributed by atoms with Gasteiger partial charge in [-0.2, -0.15) is 0 Å². The number of rotatable bonds is 5. The van der Waals surface area contributed by atoms with E-state index < -0.39 is 10.0 Å². The predicted octanol–water partition coefficient (Wildman–Crippen LogP) is 2.83.